The third-order valence-electron chi connectivity index (χ3n) is 16.8. The first-order valence-corrected chi connectivity index (χ1v) is 20.3. The molecule has 8 nitrogen and oxygen atoms in total. The first-order chi connectivity index (χ1) is 23.7. The van der Waals surface area contributed by atoms with E-state index in [9.17, 15) is 29.4 Å². The number of allylic oxidation sites excluding steroid dienone is 1. The number of ether oxygens (including phenoxy) is 1. The largest absolute Gasteiger partial charge is 0.481 e. The average molecular weight is 712 g/mol. The highest BCUT2D eigenvalue weighted by Crippen LogP contribution is 2.77. The van der Waals surface area contributed by atoms with Gasteiger partial charge in [0.05, 0.1) is 17.3 Å². The molecule has 51 heavy (non-hydrogen) atoms. The molecule has 288 valence electrons. The van der Waals surface area contributed by atoms with Crippen molar-refractivity contribution < 1.29 is 34.1 Å². The molecule has 0 spiro atoms. The fourth-order valence-corrected chi connectivity index (χ4v) is 13.8. The molecule has 5 saturated carbocycles. The standard InChI is InChI=1S/C43H69NO7/c1-11-27(36(47)48)24-28(12-2)37(49)51-33-17-18-40(8)31(39(33,6)7)16-19-42(10)32(40)14-13-30-34-29(23-25(3)4)15-20-43(34,22-21-41(30,42)9)38(50)44-26(5)35(45)46/h26-34H,3,11-24H2,1-2,4-10H3,(H,44,50)(H,45,46)(H,47,48). The van der Waals surface area contributed by atoms with Crippen LogP contribution in [0, 0.1) is 68.5 Å². The van der Waals surface area contributed by atoms with E-state index < -0.39 is 35.2 Å². The lowest BCUT2D eigenvalue weighted by molar-refractivity contribution is -0.250. The van der Waals surface area contributed by atoms with Gasteiger partial charge in [-0.1, -0.05) is 54.0 Å². The molecule has 13 unspecified atom stereocenters. The second-order valence-electron chi connectivity index (χ2n) is 19.4. The molecular formula is C43H69NO7. The zero-order valence-corrected chi connectivity index (χ0v) is 33.2. The third kappa shape index (κ3) is 6.38. The third-order valence-corrected chi connectivity index (χ3v) is 16.8. The van der Waals surface area contributed by atoms with Crippen LogP contribution in [0.4, 0.5) is 0 Å². The number of hydrogen-bond donors (Lipinski definition) is 3. The molecule has 0 aliphatic heterocycles. The van der Waals surface area contributed by atoms with Gasteiger partial charge in [-0.05, 0) is 150 Å². The van der Waals surface area contributed by atoms with Gasteiger partial charge in [0.2, 0.25) is 5.91 Å². The van der Waals surface area contributed by atoms with Crippen molar-refractivity contribution in [3.63, 3.8) is 0 Å². The van der Waals surface area contributed by atoms with Gasteiger partial charge in [-0.3, -0.25) is 19.2 Å². The molecule has 5 fully saturated rings. The summed E-state index contributed by atoms with van der Waals surface area (Å²) in [4.78, 5) is 51.4. The van der Waals surface area contributed by atoms with Gasteiger partial charge >= 0.3 is 17.9 Å². The summed E-state index contributed by atoms with van der Waals surface area (Å²) in [7, 11) is 0. The number of hydrogen-bond acceptors (Lipinski definition) is 5. The van der Waals surface area contributed by atoms with Crippen LogP contribution in [0.5, 0.6) is 0 Å². The highest BCUT2D eigenvalue weighted by Gasteiger charge is 2.72. The molecule has 0 bridgehead atoms. The van der Waals surface area contributed by atoms with Crippen LogP contribution >= 0.6 is 0 Å². The van der Waals surface area contributed by atoms with Crippen LogP contribution in [0.25, 0.3) is 0 Å². The van der Waals surface area contributed by atoms with Gasteiger partial charge in [0.25, 0.3) is 0 Å². The molecule has 5 aliphatic carbocycles. The molecule has 3 N–H and O–H groups in total. The van der Waals surface area contributed by atoms with E-state index in [-0.39, 0.29) is 45.6 Å². The van der Waals surface area contributed by atoms with Gasteiger partial charge in [0, 0.05) is 5.41 Å². The van der Waals surface area contributed by atoms with Crippen molar-refractivity contribution in [3.05, 3.63) is 12.2 Å². The molecule has 5 rings (SSSR count). The molecule has 13 atom stereocenters. The Bertz CT molecular complexity index is 1390. The number of carboxylic acid groups (broad SMARTS) is 2. The summed E-state index contributed by atoms with van der Waals surface area (Å²) in [6, 6.07) is -0.909. The first kappa shape index (κ1) is 39.8. The number of fused-ring (bicyclic) bond motifs is 7. The summed E-state index contributed by atoms with van der Waals surface area (Å²) in [6.45, 7) is 24.1. The maximum atomic E-state index is 14.2. The lowest BCUT2D eigenvalue weighted by Crippen LogP contribution is -2.67. The fraction of sp³-hybridized carbons (Fsp3) is 0.860. The highest BCUT2D eigenvalue weighted by atomic mass is 16.5. The van der Waals surface area contributed by atoms with Gasteiger partial charge in [0.15, 0.2) is 0 Å². The Morgan fingerprint density at radius 2 is 1.47 bits per heavy atom. The van der Waals surface area contributed by atoms with Crippen molar-refractivity contribution in [3.8, 4) is 0 Å². The van der Waals surface area contributed by atoms with E-state index in [4.69, 9.17) is 4.74 Å². The number of rotatable bonds is 12. The lowest BCUT2D eigenvalue weighted by Gasteiger charge is -2.72. The maximum absolute atomic E-state index is 14.2. The van der Waals surface area contributed by atoms with E-state index in [0.29, 0.717) is 42.9 Å². The van der Waals surface area contributed by atoms with E-state index >= 15 is 0 Å². The molecule has 0 aromatic heterocycles. The van der Waals surface area contributed by atoms with Crippen molar-refractivity contribution in [2.24, 2.45) is 68.5 Å². The van der Waals surface area contributed by atoms with Gasteiger partial charge in [-0.2, -0.15) is 0 Å². The Balaban J connectivity index is 1.41. The summed E-state index contributed by atoms with van der Waals surface area (Å²) in [6.07, 6.45) is 11.9. The SMILES string of the molecule is C=C(C)CC1CCC2(C(=O)NC(C)C(=O)O)CCC3(C)C(CCC4C5(C)CCC(OC(=O)C(CC)CC(CC)C(=O)O)C(C)(C)C5CCC43C)C12. The van der Waals surface area contributed by atoms with Crippen molar-refractivity contribution in [2.75, 3.05) is 0 Å². The Morgan fingerprint density at radius 1 is 0.804 bits per heavy atom. The summed E-state index contributed by atoms with van der Waals surface area (Å²) in [5.41, 5.74) is 0.649. The van der Waals surface area contributed by atoms with Crippen LogP contribution < -0.4 is 5.32 Å². The molecule has 0 radical (unpaired) electrons. The molecule has 1 amide bonds. The van der Waals surface area contributed by atoms with Crippen molar-refractivity contribution in [2.45, 2.75) is 164 Å². The molecule has 5 aliphatic rings. The van der Waals surface area contributed by atoms with Crippen molar-refractivity contribution >= 4 is 23.8 Å². The minimum Gasteiger partial charge on any atom is -0.481 e. The van der Waals surface area contributed by atoms with Crippen LogP contribution in [0.2, 0.25) is 0 Å². The second-order valence-corrected chi connectivity index (χ2v) is 19.4. The van der Waals surface area contributed by atoms with Crippen LogP contribution in [0.15, 0.2) is 12.2 Å². The monoisotopic (exact) mass is 712 g/mol. The number of carbonyl (C=O) groups excluding carboxylic acids is 2. The average Bonchev–Trinajstić information content (AvgIpc) is 3.41. The quantitative estimate of drug-likeness (QED) is 0.136. The molecular weight excluding hydrogens is 642 g/mol. The van der Waals surface area contributed by atoms with E-state index in [0.717, 1.165) is 76.2 Å². The van der Waals surface area contributed by atoms with Gasteiger partial charge in [0.1, 0.15) is 12.1 Å². The number of carboxylic acids is 2. The smallest absolute Gasteiger partial charge is 0.325 e. The summed E-state index contributed by atoms with van der Waals surface area (Å²) in [5, 5.41) is 22.3. The van der Waals surface area contributed by atoms with E-state index in [1.165, 1.54) is 0 Å². The Kier molecular flexibility index (Phi) is 11.0. The number of nitrogens with one attached hydrogen (secondary N) is 1. The predicted octanol–water partition coefficient (Wildman–Crippen LogP) is 9.06. The van der Waals surface area contributed by atoms with E-state index in [1.54, 1.807) is 6.92 Å². The van der Waals surface area contributed by atoms with Crippen LogP contribution in [-0.4, -0.2) is 46.2 Å². The highest BCUT2D eigenvalue weighted by molar-refractivity contribution is 5.88. The first-order valence-electron chi connectivity index (χ1n) is 20.3. The van der Waals surface area contributed by atoms with Crippen molar-refractivity contribution in [1.29, 1.82) is 0 Å². The van der Waals surface area contributed by atoms with Crippen LogP contribution in [-0.2, 0) is 23.9 Å². The second kappa shape index (κ2) is 14.1. The van der Waals surface area contributed by atoms with Crippen molar-refractivity contribution in [1.82, 2.24) is 5.32 Å². The molecule has 0 heterocycles. The molecule has 8 heteroatoms. The lowest BCUT2D eigenvalue weighted by atomic mass is 9.32. The van der Waals surface area contributed by atoms with E-state index in [2.05, 4.69) is 53.4 Å². The molecule has 0 aromatic rings. The van der Waals surface area contributed by atoms with Gasteiger partial charge < -0.3 is 20.3 Å². The van der Waals surface area contributed by atoms with E-state index in [1.807, 2.05) is 13.8 Å². The molecule has 0 saturated heterocycles. The zero-order valence-electron chi connectivity index (χ0n) is 33.2. The zero-order chi connectivity index (χ0) is 37.9. The maximum Gasteiger partial charge on any atom is 0.325 e. The predicted molar refractivity (Wildman–Crippen MR) is 199 cm³/mol. The number of carbonyl (C=O) groups is 4. The minimum absolute atomic E-state index is 0.0512. The fourth-order valence-electron chi connectivity index (χ4n) is 13.8. The topological polar surface area (TPSA) is 130 Å². The van der Waals surface area contributed by atoms with Crippen LogP contribution in [0.1, 0.15) is 152 Å². The minimum atomic E-state index is -0.993. The Labute approximate surface area is 307 Å². The van der Waals surface area contributed by atoms with Crippen LogP contribution in [0.3, 0.4) is 0 Å². The summed E-state index contributed by atoms with van der Waals surface area (Å²) < 4.78 is 6.40. The number of esters is 1. The van der Waals surface area contributed by atoms with Gasteiger partial charge in [-0.15, -0.1) is 6.58 Å². The Hall–Kier alpha value is -2.38. The normalized spacial score (nSPS) is 41.4. The summed E-state index contributed by atoms with van der Waals surface area (Å²) in [5.74, 6) is -1.18. The molecule has 0 aromatic carbocycles. The number of amides is 1. The summed E-state index contributed by atoms with van der Waals surface area (Å²) >= 11 is 0. The number of aliphatic carboxylic acids is 2. The van der Waals surface area contributed by atoms with Gasteiger partial charge in [-0.25, -0.2) is 0 Å². The Morgan fingerprint density at radius 3 is 2.06 bits per heavy atom.